The molecule has 0 saturated carbocycles. The van der Waals surface area contributed by atoms with Gasteiger partial charge in [0, 0.05) is 5.69 Å². The van der Waals surface area contributed by atoms with E-state index in [9.17, 15) is 16.8 Å². The van der Waals surface area contributed by atoms with Crippen molar-refractivity contribution in [1.29, 1.82) is 0 Å². The van der Waals surface area contributed by atoms with E-state index < -0.39 is 24.4 Å². The highest BCUT2D eigenvalue weighted by Gasteiger charge is 2.35. The first kappa shape index (κ1) is 14.9. The number of anilines is 1. The summed E-state index contributed by atoms with van der Waals surface area (Å²) in [6.07, 6.45) is 0.362. The molecule has 0 saturated heterocycles. The maximum atomic E-state index is 12.2. The van der Waals surface area contributed by atoms with Crippen molar-refractivity contribution in [3.8, 4) is 0 Å². The summed E-state index contributed by atoms with van der Waals surface area (Å²) in [4.78, 5) is -0.0934. The average molecular weight is 292 g/mol. The van der Waals surface area contributed by atoms with Crippen LogP contribution in [0.1, 0.15) is 19.8 Å². The molecule has 0 aliphatic heterocycles. The van der Waals surface area contributed by atoms with E-state index in [1.54, 1.807) is 6.92 Å². The maximum absolute atomic E-state index is 12.2. The van der Waals surface area contributed by atoms with Crippen LogP contribution < -0.4 is 10.9 Å². The minimum Gasteiger partial charge on any atom is -0.399 e. The highest BCUT2D eigenvalue weighted by molar-refractivity contribution is 8.08. The molecule has 0 aliphatic rings. The average Bonchev–Trinajstić information content (AvgIpc) is 2.24. The summed E-state index contributed by atoms with van der Waals surface area (Å²) in [6, 6.07) is 5.36. The highest BCUT2D eigenvalue weighted by Crippen LogP contribution is 2.23. The quantitative estimate of drug-likeness (QED) is 0.764. The second-order valence-corrected chi connectivity index (χ2v) is 8.10. The standard InChI is InChI=1S/C10H16N2O4S2/c1-2-3-10(18(12,15)16)17(13,14)9-6-4-8(11)5-7-9/h4-7,10H,2-3,11H2,1H3,(H2,12,15,16). The molecule has 0 aromatic heterocycles. The zero-order valence-electron chi connectivity index (χ0n) is 9.91. The third-order valence-corrected chi connectivity index (χ3v) is 6.84. The monoisotopic (exact) mass is 292 g/mol. The van der Waals surface area contributed by atoms with Crippen molar-refractivity contribution in [2.24, 2.45) is 5.14 Å². The second kappa shape index (κ2) is 5.25. The lowest BCUT2D eigenvalue weighted by Gasteiger charge is -2.14. The van der Waals surface area contributed by atoms with Crippen LogP contribution in [-0.4, -0.2) is 21.4 Å². The molecule has 1 unspecified atom stereocenters. The number of rotatable bonds is 5. The fourth-order valence-corrected chi connectivity index (χ4v) is 5.22. The summed E-state index contributed by atoms with van der Waals surface area (Å²) in [5, 5.41) is 4.99. The van der Waals surface area contributed by atoms with Crippen molar-refractivity contribution in [2.45, 2.75) is 29.2 Å². The van der Waals surface area contributed by atoms with E-state index >= 15 is 0 Å². The molecule has 0 fully saturated rings. The van der Waals surface area contributed by atoms with Crippen LogP contribution in [0.4, 0.5) is 5.69 Å². The summed E-state index contributed by atoms with van der Waals surface area (Å²) in [6.45, 7) is 1.69. The number of benzene rings is 1. The summed E-state index contributed by atoms with van der Waals surface area (Å²) < 4.78 is 45.5. The minimum absolute atomic E-state index is 0.0362. The summed E-state index contributed by atoms with van der Waals surface area (Å²) in [5.74, 6) is 0. The lowest BCUT2D eigenvalue weighted by Crippen LogP contribution is -2.35. The van der Waals surface area contributed by atoms with E-state index in [-0.39, 0.29) is 11.3 Å². The normalized spacial score (nSPS) is 14.3. The Morgan fingerprint density at radius 2 is 1.61 bits per heavy atom. The fourth-order valence-electron chi connectivity index (χ4n) is 1.54. The largest absolute Gasteiger partial charge is 0.399 e. The van der Waals surface area contributed by atoms with Gasteiger partial charge in [-0.1, -0.05) is 13.3 Å². The van der Waals surface area contributed by atoms with Crippen molar-refractivity contribution in [2.75, 3.05) is 5.73 Å². The number of sulfone groups is 1. The van der Waals surface area contributed by atoms with Gasteiger partial charge in [-0.25, -0.2) is 22.0 Å². The van der Waals surface area contributed by atoms with Crippen LogP contribution in [0.15, 0.2) is 29.2 Å². The molecule has 0 spiro atoms. The molecule has 1 aromatic rings. The first-order valence-electron chi connectivity index (χ1n) is 5.30. The first-order valence-corrected chi connectivity index (χ1v) is 8.46. The smallest absolute Gasteiger partial charge is 0.226 e. The molecule has 102 valence electrons. The van der Waals surface area contributed by atoms with Crippen LogP contribution in [0.2, 0.25) is 0 Å². The van der Waals surface area contributed by atoms with E-state index in [0.29, 0.717) is 12.1 Å². The number of nitrogens with two attached hydrogens (primary N) is 2. The van der Waals surface area contributed by atoms with Gasteiger partial charge in [0.05, 0.1) is 4.90 Å². The third-order valence-electron chi connectivity index (χ3n) is 2.45. The van der Waals surface area contributed by atoms with E-state index in [1.165, 1.54) is 24.3 Å². The molecular weight excluding hydrogens is 276 g/mol. The molecule has 0 radical (unpaired) electrons. The molecule has 0 heterocycles. The predicted octanol–water partition coefficient (Wildman–Crippen LogP) is 0.457. The van der Waals surface area contributed by atoms with E-state index in [1.807, 2.05) is 0 Å². The Morgan fingerprint density at radius 3 is 2.00 bits per heavy atom. The molecular formula is C10H16N2O4S2. The molecule has 4 N–H and O–H groups in total. The minimum atomic E-state index is -4.16. The molecule has 18 heavy (non-hydrogen) atoms. The molecule has 0 amide bonds. The number of primary sulfonamides is 1. The summed E-state index contributed by atoms with van der Waals surface area (Å²) >= 11 is 0. The molecule has 0 bridgehead atoms. The van der Waals surface area contributed by atoms with Gasteiger partial charge in [0.15, 0.2) is 14.4 Å². The van der Waals surface area contributed by atoms with Gasteiger partial charge in [0.25, 0.3) is 0 Å². The van der Waals surface area contributed by atoms with E-state index in [0.717, 1.165) is 0 Å². The van der Waals surface area contributed by atoms with Crippen LogP contribution in [0, 0.1) is 0 Å². The Bertz CT molecular complexity index is 606. The van der Waals surface area contributed by atoms with Gasteiger partial charge in [-0.2, -0.15) is 0 Å². The zero-order valence-corrected chi connectivity index (χ0v) is 11.5. The van der Waals surface area contributed by atoms with Gasteiger partial charge in [0.2, 0.25) is 10.0 Å². The SMILES string of the molecule is CCCC(S(N)(=O)=O)S(=O)(=O)c1ccc(N)cc1. The van der Waals surface area contributed by atoms with Crippen molar-refractivity contribution in [3.63, 3.8) is 0 Å². The summed E-state index contributed by atoms with van der Waals surface area (Å²) in [5.41, 5.74) is 5.85. The predicted molar refractivity (Wildman–Crippen MR) is 69.8 cm³/mol. The topological polar surface area (TPSA) is 120 Å². The lowest BCUT2D eigenvalue weighted by molar-refractivity contribution is 0.568. The van der Waals surface area contributed by atoms with Crippen LogP contribution in [-0.2, 0) is 19.9 Å². The van der Waals surface area contributed by atoms with Gasteiger partial charge < -0.3 is 5.73 Å². The molecule has 1 aromatic carbocycles. The lowest BCUT2D eigenvalue weighted by atomic mass is 10.3. The fraction of sp³-hybridized carbons (Fsp3) is 0.400. The summed E-state index contributed by atoms with van der Waals surface area (Å²) in [7, 11) is -8.17. The number of hydrogen-bond acceptors (Lipinski definition) is 5. The molecule has 1 atom stereocenters. The van der Waals surface area contributed by atoms with Crippen LogP contribution in [0.3, 0.4) is 0 Å². The zero-order chi connectivity index (χ0) is 14.0. The van der Waals surface area contributed by atoms with Gasteiger partial charge in [0.1, 0.15) is 0 Å². The van der Waals surface area contributed by atoms with Gasteiger partial charge in [-0.3, -0.25) is 0 Å². The van der Waals surface area contributed by atoms with Crippen molar-refractivity contribution in [1.82, 2.24) is 0 Å². The van der Waals surface area contributed by atoms with Gasteiger partial charge in [-0.15, -0.1) is 0 Å². The van der Waals surface area contributed by atoms with Crippen molar-refractivity contribution >= 4 is 25.5 Å². The van der Waals surface area contributed by atoms with Crippen LogP contribution in [0.25, 0.3) is 0 Å². The Balaban J connectivity index is 3.30. The highest BCUT2D eigenvalue weighted by atomic mass is 32.3. The Kier molecular flexibility index (Phi) is 4.36. The Hall–Kier alpha value is -1.12. The molecule has 0 aliphatic carbocycles. The Labute approximate surface area is 107 Å². The molecule has 1 rings (SSSR count). The van der Waals surface area contributed by atoms with Crippen molar-refractivity contribution < 1.29 is 16.8 Å². The third kappa shape index (κ3) is 3.21. The van der Waals surface area contributed by atoms with E-state index in [4.69, 9.17) is 10.9 Å². The number of sulfonamides is 1. The van der Waals surface area contributed by atoms with Crippen LogP contribution >= 0.6 is 0 Å². The number of hydrogen-bond donors (Lipinski definition) is 2. The first-order chi connectivity index (χ1) is 8.19. The van der Waals surface area contributed by atoms with Gasteiger partial charge >= 0.3 is 0 Å². The van der Waals surface area contributed by atoms with Crippen LogP contribution in [0.5, 0.6) is 0 Å². The number of nitrogen functional groups attached to an aromatic ring is 1. The molecule has 6 nitrogen and oxygen atoms in total. The second-order valence-electron chi connectivity index (χ2n) is 3.92. The van der Waals surface area contributed by atoms with E-state index in [2.05, 4.69) is 0 Å². The molecule has 8 heteroatoms. The maximum Gasteiger partial charge on any atom is 0.226 e. The van der Waals surface area contributed by atoms with Crippen molar-refractivity contribution in [3.05, 3.63) is 24.3 Å². The van der Waals surface area contributed by atoms with Gasteiger partial charge in [-0.05, 0) is 30.7 Å². The Morgan fingerprint density at radius 1 is 1.11 bits per heavy atom.